The highest BCUT2D eigenvalue weighted by atomic mass is 16.4. The number of phenolic OH excluding ortho intramolecular Hbond substituents is 1. The van der Waals surface area contributed by atoms with Gasteiger partial charge in [-0.1, -0.05) is 6.07 Å². The maximum Gasteiger partial charge on any atom is 0.328 e. The van der Waals surface area contributed by atoms with Crippen LogP contribution >= 0.6 is 0 Å². The number of phenols is 1. The number of aliphatic carboxylic acids is 1. The molecule has 14 heavy (non-hydrogen) atoms. The van der Waals surface area contributed by atoms with Gasteiger partial charge in [-0.25, -0.2) is 4.79 Å². The van der Waals surface area contributed by atoms with Crippen molar-refractivity contribution >= 4 is 11.7 Å². The zero-order valence-electron chi connectivity index (χ0n) is 7.69. The number of carboxylic acids is 1. The highest BCUT2D eigenvalue weighted by Crippen LogP contribution is 2.27. The predicted molar refractivity (Wildman–Crippen MR) is 51.7 cm³/mol. The highest BCUT2D eigenvalue weighted by molar-refractivity contribution is 5.82. The minimum Gasteiger partial charge on any atom is -0.508 e. The van der Waals surface area contributed by atoms with E-state index >= 15 is 0 Å². The zero-order chi connectivity index (χ0) is 10.9. The predicted octanol–water partition coefficient (Wildman–Crippen LogP) is 0.233. The van der Waals surface area contributed by atoms with E-state index < -0.39 is 11.5 Å². The lowest BCUT2D eigenvalue weighted by Gasteiger charge is -2.21. The molecule has 5 heteroatoms. The summed E-state index contributed by atoms with van der Waals surface area (Å²) in [6.07, 6.45) is 0. The van der Waals surface area contributed by atoms with E-state index in [1.807, 2.05) is 0 Å². The summed E-state index contributed by atoms with van der Waals surface area (Å²) in [4.78, 5) is 10.8. The van der Waals surface area contributed by atoms with E-state index in [-0.39, 0.29) is 17.0 Å². The third-order valence-electron chi connectivity index (χ3n) is 2.04. The largest absolute Gasteiger partial charge is 0.508 e. The van der Waals surface area contributed by atoms with Crippen LogP contribution in [0.2, 0.25) is 0 Å². The van der Waals surface area contributed by atoms with Crippen LogP contribution in [0.3, 0.4) is 0 Å². The number of hydrogen-bond acceptors (Lipinski definition) is 4. The maximum atomic E-state index is 10.8. The third-order valence-corrected chi connectivity index (χ3v) is 2.04. The van der Waals surface area contributed by atoms with Crippen LogP contribution in [0.5, 0.6) is 5.75 Å². The Morgan fingerprint density at radius 3 is 2.50 bits per heavy atom. The fraction of sp³-hybridized carbons (Fsp3) is 0.222. The fourth-order valence-electron chi connectivity index (χ4n) is 1.14. The summed E-state index contributed by atoms with van der Waals surface area (Å²) in [5.41, 5.74) is 10.0. The van der Waals surface area contributed by atoms with Gasteiger partial charge in [0.2, 0.25) is 0 Å². The molecule has 0 aliphatic heterocycles. The lowest BCUT2D eigenvalue weighted by atomic mass is 9.92. The number of carbonyl (C=O) groups is 1. The minimum absolute atomic E-state index is 0.0209. The first-order valence-corrected chi connectivity index (χ1v) is 3.97. The van der Waals surface area contributed by atoms with E-state index in [4.69, 9.17) is 21.7 Å². The molecule has 0 heterocycles. The molecule has 1 aromatic carbocycles. The van der Waals surface area contributed by atoms with Gasteiger partial charge in [0.1, 0.15) is 11.3 Å². The first kappa shape index (κ1) is 10.3. The van der Waals surface area contributed by atoms with Crippen molar-refractivity contribution in [2.45, 2.75) is 12.5 Å². The summed E-state index contributed by atoms with van der Waals surface area (Å²) >= 11 is 0. The minimum atomic E-state index is -1.54. The second-order valence-electron chi connectivity index (χ2n) is 3.28. The Bertz CT molecular complexity index is 374. The molecule has 76 valence electrons. The van der Waals surface area contributed by atoms with Crippen LogP contribution in [0.25, 0.3) is 0 Å². The van der Waals surface area contributed by atoms with E-state index in [9.17, 15) is 4.79 Å². The van der Waals surface area contributed by atoms with Gasteiger partial charge >= 0.3 is 5.97 Å². The summed E-state index contributed by atoms with van der Waals surface area (Å²) < 4.78 is 0. The molecule has 0 amide bonds. The van der Waals surface area contributed by atoms with Gasteiger partial charge in [0, 0.05) is 17.3 Å². The Balaban J connectivity index is 3.26. The quantitative estimate of drug-likeness (QED) is 0.506. The molecular weight excluding hydrogens is 184 g/mol. The molecule has 1 unspecified atom stereocenters. The van der Waals surface area contributed by atoms with Crippen molar-refractivity contribution in [3.05, 3.63) is 23.8 Å². The SMILES string of the molecule is CC(N)(C(=O)O)c1ccc(O)cc1N. The highest BCUT2D eigenvalue weighted by Gasteiger charge is 2.32. The van der Waals surface area contributed by atoms with E-state index in [1.165, 1.54) is 25.1 Å². The molecule has 1 atom stereocenters. The van der Waals surface area contributed by atoms with E-state index in [2.05, 4.69) is 0 Å². The lowest BCUT2D eigenvalue weighted by molar-refractivity contribution is -0.143. The van der Waals surface area contributed by atoms with Crippen molar-refractivity contribution in [2.24, 2.45) is 5.73 Å². The van der Waals surface area contributed by atoms with Gasteiger partial charge in [0.05, 0.1) is 0 Å². The van der Waals surface area contributed by atoms with Crippen LogP contribution in [-0.4, -0.2) is 16.2 Å². The molecule has 0 radical (unpaired) electrons. The summed E-state index contributed by atoms with van der Waals surface area (Å²) in [6.45, 7) is 1.35. The van der Waals surface area contributed by atoms with Crippen molar-refractivity contribution in [3.63, 3.8) is 0 Å². The Morgan fingerprint density at radius 2 is 2.07 bits per heavy atom. The van der Waals surface area contributed by atoms with Crippen LogP contribution in [0.15, 0.2) is 18.2 Å². The molecule has 0 saturated carbocycles. The van der Waals surface area contributed by atoms with Crippen molar-refractivity contribution in [3.8, 4) is 5.75 Å². The number of nitrogen functional groups attached to an aromatic ring is 1. The van der Waals surface area contributed by atoms with Crippen molar-refractivity contribution < 1.29 is 15.0 Å². The number of anilines is 1. The van der Waals surface area contributed by atoms with Crippen LogP contribution in [-0.2, 0) is 10.3 Å². The van der Waals surface area contributed by atoms with Crippen molar-refractivity contribution in [2.75, 3.05) is 5.73 Å². The van der Waals surface area contributed by atoms with Gasteiger partial charge in [-0.15, -0.1) is 0 Å². The molecule has 0 bridgehead atoms. The van der Waals surface area contributed by atoms with Crippen LogP contribution < -0.4 is 11.5 Å². The number of carboxylic acid groups (broad SMARTS) is 1. The summed E-state index contributed by atoms with van der Waals surface area (Å²) in [5.74, 6) is -1.19. The molecule has 5 nitrogen and oxygen atoms in total. The monoisotopic (exact) mass is 196 g/mol. The number of benzene rings is 1. The van der Waals surface area contributed by atoms with E-state index in [1.54, 1.807) is 0 Å². The number of hydrogen-bond donors (Lipinski definition) is 4. The van der Waals surface area contributed by atoms with Crippen LogP contribution in [0.1, 0.15) is 12.5 Å². The summed E-state index contributed by atoms with van der Waals surface area (Å²) in [7, 11) is 0. The molecule has 0 saturated heterocycles. The Hall–Kier alpha value is -1.75. The molecule has 0 spiro atoms. The van der Waals surface area contributed by atoms with Gasteiger partial charge in [-0.05, 0) is 13.0 Å². The van der Waals surface area contributed by atoms with Gasteiger partial charge in [-0.2, -0.15) is 0 Å². The fourth-order valence-corrected chi connectivity index (χ4v) is 1.14. The van der Waals surface area contributed by atoms with Gasteiger partial charge < -0.3 is 21.7 Å². The maximum absolute atomic E-state index is 10.8. The smallest absolute Gasteiger partial charge is 0.328 e. The third kappa shape index (κ3) is 1.62. The second-order valence-corrected chi connectivity index (χ2v) is 3.28. The first-order chi connectivity index (χ1) is 6.35. The van der Waals surface area contributed by atoms with Gasteiger partial charge in [-0.3, -0.25) is 0 Å². The van der Waals surface area contributed by atoms with Gasteiger partial charge in [0.15, 0.2) is 0 Å². The average molecular weight is 196 g/mol. The number of aromatic hydroxyl groups is 1. The summed E-state index contributed by atoms with van der Waals surface area (Å²) in [6, 6.07) is 4.02. The van der Waals surface area contributed by atoms with E-state index in [0.717, 1.165) is 0 Å². The van der Waals surface area contributed by atoms with Crippen molar-refractivity contribution in [1.82, 2.24) is 0 Å². The normalized spacial score (nSPS) is 14.7. The topological polar surface area (TPSA) is 110 Å². The Morgan fingerprint density at radius 1 is 1.50 bits per heavy atom. The molecule has 0 aromatic heterocycles. The Kier molecular flexibility index (Phi) is 2.35. The van der Waals surface area contributed by atoms with Crippen LogP contribution in [0, 0.1) is 0 Å². The number of nitrogens with two attached hydrogens (primary N) is 2. The zero-order valence-corrected chi connectivity index (χ0v) is 7.69. The number of rotatable bonds is 2. The average Bonchev–Trinajstić information content (AvgIpc) is 2.02. The first-order valence-electron chi connectivity index (χ1n) is 3.97. The molecule has 1 aromatic rings. The van der Waals surface area contributed by atoms with Crippen LogP contribution in [0.4, 0.5) is 5.69 Å². The van der Waals surface area contributed by atoms with Crippen molar-refractivity contribution in [1.29, 1.82) is 0 Å². The molecule has 0 fully saturated rings. The molecule has 0 aliphatic carbocycles. The van der Waals surface area contributed by atoms with Gasteiger partial charge in [0.25, 0.3) is 0 Å². The Labute approximate surface area is 81.0 Å². The molecule has 6 N–H and O–H groups in total. The lowest BCUT2D eigenvalue weighted by Crippen LogP contribution is -2.42. The second kappa shape index (κ2) is 3.19. The standard InChI is InChI=1S/C9H12N2O3/c1-9(11,8(13)14)6-3-2-5(12)4-7(6)10/h2-4,12H,10-11H2,1H3,(H,13,14). The summed E-state index contributed by atoms with van der Waals surface area (Å²) in [5, 5.41) is 17.9. The van der Waals surface area contributed by atoms with E-state index in [0.29, 0.717) is 0 Å². The molecular formula is C9H12N2O3. The molecule has 0 aliphatic rings. The molecule has 1 rings (SSSR count).